The Labute approximate surface area is 201 Å². The molecule has 9 heteroatoms. The van der Waals surface area contributed by atoms with Gasteiger partial charge in [0.25, 0.3) is 0 Å². The summed E-state index contributed by atoms with van der Waals surface area (Å²) in [6.45, 7) is 2.04. The molecule has 0 saturated heterocycles. The van der Waals surface area contributed by atoms with Crippen LogP contribution < -0.4 is 10.0 Å². The average molecular weight is 495 g/mol. The molecule has 1 unspecified atom stereocenters. The number of aliphatic hydroxyl groups is 1. The van der Waals surface area contributed by atoms with E-state index in [0.717, 1.165) is 43.9 Å². The van der Waals surface area contributed by atoms with E-state index in [1.54, 1.807) is 18.2 Å². The van der Waals surface area contributed by atoms with Crippen molar-refractivity contribution >= 4 is 21.8 Å². The molecular formula is C25H35FN2O5S. The van der Waals surface area contributed by atoms with Crippen molar-refractivity contribution in [2.45, 2.75) is 44.8 Å². The maximum atomic E-state index is 12.8. The van der Waals surface area contributed by atoms with E-state index in [0.29, 0.717) is 31.7 Å². The molecule has 0 aromatic heterocycles. The predicted molar refractivity (Wildman–Crippen MR) is 134 cm³/mol. The zero-order valence-electron chi connectivity index (χ0n) is 19.5. The number of phenols is 1. The average Bonchev–Trinajstić information content (AvgIpc) is 2.77. The zero-order valence-corrected chi connectivity index (χ0v) is 20.4. The van der Waals surface area contributed by atoms with Gasteiger partial charge in [-0.2, -0.15) is 0 Å². The van der Waals surface area contributed by atoms with Gasteiger partial charge in [-0.05, 0) is 61.2 Å². The third-order valence-electron chi connectivity index (χ3n) is 4.99. The van der Waals surface area contributed by atoms with Crippen LogP contribution >= 0.6 is 0 Å². The van der Waals surface area contributed by atoms with E-state index in [1.807, 2.05) is 12.2 Å². The number of rotatable bonds is 16. The molecule has 34 heavy (non-hydrogen) atoms. The molecule has 0 spiro atoms. The van der Waals surface area contributed by atoms with Gasteiger partial charge in [-0.3, -0.25) is 10.0 Å². The van der Waals surface area contributed by atoms with Crippen molar-refractivity contribution in [1.29, 1.82) is 0 Å². The van der Waals surface area contributed by atoms with Gasteiger partial charge in [0.1, 0.15) is 17.8 Å². The lowest BCUT2D eigenvalue weighted by Gasteiger charge is -2.14. The standard InChI is InChI=1S/C25H35FN2O5S/c1-34(31,32)28-23-18-21(11-14-24(23)29)19-25(30)27-15-5-2-3-6-16-33-17-7-4-8-20-9-12-22(26)13-10-20/h4,8-14,18,25,27-30H,2-3,5-7,15-17,19H2,1H3/b8-4+. The second kappa shape index (κ2) is 14.7. The number of sulfonamides is 1. The summed E-state index contributed by atoms with van der Waals surface area (Å²) in [4.78, 5) is 0. The van der Waals surface area contributed by atoms with Crippen LogP contribution in [0, 0.1) is 5.82 Å². The van der Waals surface area contributed by atoms with E-state index in [9.17, 15) is 23.0 Å². The van der Waals surface area contributed by atoms with Gasteiger partial charge in [0.15, 0.2) is 0 Å². The summed E-state index contributed by atoms with van der Waals surface area (Å²) in [6.07, 6.45) is 9.30. The number of hydrogen-bond donors (Lipinski definition) is 4. The van der Waals surface area contributed by atoms with E-state index in [-0.39, 0.29) is 17.3 Å². The third kappa shape index (κ3) is 12.1. The van der Waals surface area contributed by atoms with Crippen molar-refractivity contribution in [3.05, 3.63) is 65.5 Å². The lowest BCUT2D eigenvalue weighted by molar-refractivity contribution is 0.131. The lowest BCUT2D eigenvalue weighted by Crippen LogP contribution is -2.31. The summed E-state index contributed by atoms with van der Waals surface area (Å²) in [5.74, 6) is -0.400. The topological polar surface area (TPSA) is 108 Å². The Morgan fingerprint density at radius 2 is 1.79 bits per heavy atom. The molecule has 0 saturated carbocycles. The number of hydrogen-bond acceptors (Lipinski definition) is 6. The molecule has 0 fully saturated rings. The van der Waals surface area contributed by atoms with Gasteiger partial charge in [0.05, 0.1) is 18.6 Å². The summed E-state index contributed by atoms with van der Waals surface area (Å²) in [5.41, 5.74) is 1.77. The first-order valence-corrected chi connectivity index (χ1v) is 13.3. The molecule has 4 N–H and O–H groups in total. The van der Waals surface area contributed by atoms with Crippen LogP contribution in [0.3, 0.4) is 0 Å². The Bertz CT molecular complexity index is 997. The van der Waals surface area contributed by atoms with Gasteiger partial charge in [-0.1, -0.05) is 43.2 Å². The molecule has 1 atom stereocenters. The zero-order chi connectivity index (χ0) is 24.8. The van der Waals surface area contributed by atoms with Crippen LogP contribution in [0.4, 0.5) is 10.1 Å². The molecule has 0 aliphatic carbocycles. The smallest absolute Gasteiger partial charge is 0.229 e. The molecule has 0 bridgehead atoms. The quantitative estimate of drug-likeness (QED) is 0.159. The maximum Gasteiger partial charge on any atom is 0.229 e. The summed E-state index contributed by atoms with van der Waals surface area (Å²) < 4.78 is 43.5. The van der Waals surface area contributed by atoms with Gasteiger partial charge in [-0.25, -0.2) is 12.8 Å². The van der Waals surface area contributed by atoms with Gasteiger partial charge in [0.2, 0.25) is 10.0 Å². The number of ether oxygens (including phenoxy) is 1. The number of unbranched alkanes of at least 4 members (excludes halogenated alkanes) is 3. The van der Waals surface area contributed by atoms with Crippen molar-refractivity contribution < 1.29 is 27.8 Å². The fourth-order valence-corrected chi connectivity index (χ4v) is 3.85. The lowest BCUT2D eigenvalue weighted by atomic mass is 10.1. The van der Waals surface area contributed by atoms with E-state index < -0.39 is 16.3 Å². The molecule has 0 radical (unpaired) electrons. The van der Waals surface area contributed by atoms with Gasteiger partial charge >= 0.3 is 0 Å². The number of benzene rings is 2. The molecule has 2 aromatic carbocycles. The SMILES string of the molecule is CS(=O)(=O)Nc1cc(CC(O)NCCCCCCOCC/C=C/c2ccc(F)cc2)ccc1O. The van der Waals surface area contributed by atoms with Gasteiger partial charge < -0.3 is 14.9 Å². The number of anilines is 1. The van der Waals surface area contributed by atoms with E-state index in [4.69, 9.17) is 4.74 Å². The minimum Gasteiger partial charge on any atom is -0.506 e. The highest BCUT2D eigenvalue weighted by Crippen LogP contribution is 2.25. The normalized spacial score (nSPS) is 12.8. The number of halogens is 1. The second-order valence-corrected chi connectivity index (χ2v) is 9.92. The maximum absolute atomic E-state index is 12.8. The van der Waals surface area contributed by atoms with E-state index in [1.165, 1.54) is 24.3 Å². The van der Waals surface area contributed by atoms with Crippen molar-refractivity contribution in [2.24, 2.45) is 0 Å². The summed E-state index contributed by atoms with van der Waals surface area (Å²) in [7, 11) is -3.50. The molecule has 2 aromatic rings. The van der Waals surface area contributed by atoms with E-state index in [2.05, 4.69) is 10.0 Å². The fourth-order valence-electron chi connectivity index (χ4n) is 3.29. The van der Waals surface area contributed by atoms with Crippen LogP contribution in [-0.4, -0.2) is 50.9 Å². The van der Waals surface area contributed by atoms with Crippen molar-refractivity contribution in [3.8, 4) is 5.75 Å². The predicted octanol–water partition coefficient (Wildman–Crippen LogP) is 4.03. The molecule has 188 valence electrons. The molecule has 7 nitrogen and oxygen atoms in total. The summed E-state index contributed by atoms with van der Waals surface area (Å²) in [6, 6.07) is 10.9. The first-order valence-electron chi connectivity index (χ1n) is 11.4. The Morgan fingerprint density at radius 3 is 2.53 bits per heavy atom. The first kappa shape index (κ1) is 27.8. The Balaban J connectivity index is 1.49. The van der Waals surface area contributed by atoms with Crippen LogP contribution in [0.25, 0.3) is 6.08 Å². The van der Waals surface area contributed by atoms with Crippen LogP contribution in [0.15, 0.2) is 48.5 Å². The Morgan fingerprint density at radius 1 is 1.06 bits per heavy atom. The highest BCUT2D eigenvalue weighted by atomic mass is 32.2. The first-order chi connectivity index (χ1) is 16.2. The van der Waals surface area contributed by atoms with Crippen LogP contribution in [0.1, 0.15) is 43.2 Å². The Kier molecular flexibility index (Phi) is 12.0. The van der Waals surface area contributed by atoms with Crippen LogP contribution in [0.5, 0.6) is 5.75 Å². The third-order valence-corrected chi connectivity index (χ3v) is 5.58. The summed E-state index contributed by atoms with van der Waals surface area (Å²) >= 11 is 0. The fraction of sp³-hybridized carbons (Fsp3) is 0.440. The highest BCUT2D eigenvalue weighted by molar-refractivity contribution is 7.92. The second-order valence-electron chi connectivity index (χ2n) is 8.17. The number of phenolic OH excluding ortho intramolecular Hbond substituents is 1. The molecular weight excluding hydrogens is 459 g/mol. The number of aromatic hydroxyl groups is 1. The highest BCUT2D eigenvalue weighted by Gasteiger charge is 2.10. The van der Waals surface area contributed by atoms with Gasteiger partial charge in [0, 0.05) is 13.0 Å². The van der Waals surface area contributed by atoms with Gasteiger partial charge in [-0.15, -0.1) is 0 Å². The monoisotopic (exact) mass is 494 g/mol. The van der Waals surface area contributed by atoms with Crippen molar-refractivity contribution in [1.82, 2.24) is 5.32 Å². The summed E-state index contributed by atoms with van der Waals surface area (Å²) in [5, 5.41) is 23.0. The largest absolute Gasteiger partial charge is 0.506 e. The van der Waals surface area contributed by atoms with E-state index >= 15 is 0 Å². The molecule has 0 heterocycles. The van der Waals surface area contributed by atoms with Crippen molar-refractivity contribution in [2.75, 3.05) is 30.7 Å². The molecule has 2 rings (SSSR count). The number of aliphatic hydroxyl groups excluding tert-OH is 1. The molecule has 0 aliphatic rings. The minimum absolute atomic E-state index is 0.0957. The van der Waals surface area contributed by atoms with Crippen LogP contribution in [0.2, 0.25) is 0 Å². The van der Waals surface area contributed by atoms with Crippen molar-refractivity contribution in [3.63, 3.8) is 0 Å². The minimum atomic E-state index is -3.50. The molecule has 0 aliphatic heterocycles. The molecule has 0 amide bonds. The van der Waals surface area contributed by atoms with Crippen LogP contribution in [-0.2, 0) is 21.2 Å². The Hall–Kier alpha value is -2.46. The number of nitrogens with one attached hydrogen (secondary N) is 2.